The van der Waals surface area contributed by atoms with Crippen molar-refractivity contribution >= 4 is 31.6 Å². The van der Waals surface area contributed by atoms with Gasteiger partial charge in [0.2, 0.25) is 10.0 Å². The number of halogens is 1. The van der Waals surface area contributed by atoms with E-state index in [2.05, 4.69) is 20.7 Å². The number of anilines is 1. The highest BCUT2D eigenvalue weighted by molar-refractivity contribution is 9.10. The highest BCUT2D eigenvalue weighted by atomic mass is 79.9. The summed E-state index contributed by atoms with van der Waals surface area (Å²) >= 11 is 3.23. The van der Waals surface area contributed by atoms with Crippen LogP contribution < -0.4 is 10.5 Å². The van der Waals surface area contributed by atoms with Crippen molar-refractivity contribution in [3.63, 3.8) is 0 Å². The Morgan fingerprint density at radius 1 is 1.29 bits per heavy atom. The van der Waals surface area contributed by atoms with Crippen LogP contribution in [0.2, 0.25) is 0 Å². The van der Waals surface area contributed by atoms with Crippen molar-refractivity contribution in [3.8, 4) is 0 Å². The smallest absolute Gasteiger partial charge is 0.242 e. The second-order valence-corrected chi connectivity index (χ2v) is 7.44. The molecule has 0 saturated carbocycles. The summed E-state index contributed by atoms with van der Waals surface area (Å²) in [5.41, 5.74) is 6.95. The molecule has 0 aliphatic rings. The minimum absolute atomic E-state index is 0.154. The monoisotopic (exact) mass is 372 g/mol. The van der Waals surface area contributed by atoms with Crippen molar-refractivity contribution in [2.45, 2.75) is 31.7 Å². The van der Waals surface area contributed by atoms with Crippen LogP contribution in [0.15, 0.2) is 38.1 Å². The first kappa shape index (κ1) is 16.1. The van der Waals surface area contributed by atoms with E-state index in [0.717, 1.165) is 11.3 Å². The molecule has 21 heavy (non-hydrogen) atoms. The molecule has 0 aliphatic heterocycles. The van der Waals surface area contributed by atoms with E-state index in [1.54, 1.807) is 19.1 Å². The fraction of sp³-hybridized carbons (Fsp3) is 0.286. The van der Waals surface area contributed by atoms with Crippen molar-refractivity contribution < 1.29 is 12.8 Å². The number of aryl methyl sites for hydroxylation is 2. The van der Waals surface area contributed by atoms with Gasteiger partial charge in [0.25, 0.3) is 0 Å². The predicted molar refractivity (Wildman–Crippen MR) is 85.5 cm³/mol. The van der Waals surface area contributed by atoms with Crippen molar-refractivity contribution in [1.82, 2.24) is 4.72 Å². The van der Waals surface area contributed by atoms with Crippen molar-refractivity contribution in [2.75, 3.05) is 5.73 Å². The van der Waals surface area contributed by atoms with Crippen LogP contribution in [0.5, 0.6) is 0 Å². The first-order valence-electron chi connectivity index (χ1n) is 6.35. The SMILES string of the molecule is Cc1cc(C(C)NS(=O)(=O)c2ccc(N)cc2Br)c(C)o1. The standard InChI is InChI=1S/C14H17BrN2O3S/c1-8-6-12(10(3)20-8)9(2)17-21(18,19)14-5-4-11(16)7-13(14)15/h4-7,9,17H,16H2,1-3H3. The van der Waals surface area contributed by atoms with Gasteiger partial charge in [0.1, 0.15) is 11.5 Å². The highest BCUT2D eigenvalue weighted by Gasteiger charge is 2.23. The molecule has 0 saturated heterocycles. The Balaban J connectivity index is 2.31. The van der Waals surface area contributed by atoms with Gasteiger partial charge in [-0.2, -0.15) is 0 Å². The first-order chi connectivity index (χ1) is 9.70. The summed E-state index contributed by atoms with van der Waals surface area (Å²) < 4.78 is 33.4. The van der Waals surface area contributed by atoms with Crippen LogP contribution in [-0.4, -0.2) is 8.42 Å². The minimum Gasteiger partial charge on any atom is -0.466 e. The third-order valence-electron chi connectivity index (χ3n) is 3.12. The van der Waals surface area contributed by atoms with Gasteiger partial charge in [0, 0.05) is 21.8 Å². The quantitative estimate of drug-likeness (QED) is 0.806. The van der Waals surface area contributed by atoms with Crippen molar-refractivity contribution in [2.24, 2.45) is 0 Å². The molecular weight excluding hydrogens is 356 g/mol. The molecule has 1 aromatic heterocycles. The number of furan rings is 1. The largest absolute Gasteiger partial charge is 0.466 e. The first-order valence-corrected chi connectivity index (χ1v) is 8.62. The number of benzene rings is 1. The van der Waals surface area contributed by atoms with E-state index in [1.807, 2.05) is 19.9 Å². The Bertz CT molecular complexity index is 769. The van der Waals surface area contributed by atoms with Crippen LogP contribution in [-0.2, 0) is 10.0 Å². The number of nitrogens with one attached hydrogen (secondary N) is 1. The lowest BCUT2D eigenvalue weighted by Crippen LogP contribution is -2.27. The van der Waals surface area contributed by atoms with Crippen molar-refractivity contribution in [3.05, 3.63) is 45.8 Å². The maximum absolute atomic E-state index is 12.5. The van der Waals surface area contributed by atoms with Gasteiger partial charge in [-0.1, -0.05) is 0 Å². The van der Waals surface area contributed by atoms with Gasteiger partial charge in [0.15, 0.2) is 0 Å². The molecule has 3 N–H and O–H groups in total. The van der Waals surface area contributed by atoms with Gasteiger partial charge >= 0.3 is 0 Å². The van der Waals surface area contributed by atoms with Crippen LogP contribution in [0, 0.1) is 13.8 Å². The van der Waals surface area contributed by atoms with E-state index in [0.29, 0.717) is 15.9 Å². The van der Waals surface area contributed by atoms with Gasteiger partial charge < -0.3 is 10.2 Å². The van der Waals surface area contributed by atoms with E-state index in [-0.39, 0.29) is 4.90 Å². The maximum atomic E-state index is 12.5. The summed E-state index contributed by atoms with van der Waals surface area (Å²) in [6.45, 7) is 5.42. The Morgan fingerprint density at radius 2 is 1.95 bits per heavy atom. The molecule has 7 heteroatoms. The van der Waals surface area contributed by atoms with E-state index >= 15 is 0 Å². The molecule has 0 spiro atoms. The normalized spacial score (nSPS) is 13.3. The topological polar surface area (TPSA) is 85.3 Å². The van der Waals surface area contributed by atoms with Gasteiger partial charge in [-0.25, -0.2) is 13.1 Å². The van der Waals surface area contributed by atoms with Crippen LogP contribution >= 0.6 is 15.9 Å². The lowest BCUT2D eigenvalue weighted by molar-refractivity contribution is 0.496. The zero-order valence-electron chi connectivity index (χ0n) is 12.0. The number of nitrogens with two attached hydrogens (primary N) is 1. The number of rotatable bonds is 4. The lowest BCUT2D eigenvalue weighted by Gasteiger charge is -2.14. The fourth-order valence-corrected chi connectivity index (χ4v) is 4.49. The summed E-state index contributed by atoms with van der Waals surface area (Å²) in [6, 6.07) is 6.03. The van der Waals surface area contributed by atoms with Gasteiger partial charge in [0.05, 0.1) is 4.90 Å². The van der Waals surface area contributed by atoms with Crippen LogP contribution in [0.3, 0.4) is 0 Å². The second-order valence-electron chi connectivity index (χ2n) is 4.90. The Hall–Kier alpha value is -1.31. The summed E-state index contributed by atoms with van der Waals surface area (Å²) in [6.07, 6.45) is 0. The molecule has 0 aliphatic carbocycles. The summed E-state index contributed by atoms with van der Waals surface area (Å²) in [7, 11) is -3.66. The van der Waals surface area contributed by atoms with Gasteiger partial charge in [-0.05, 0) is 61.0 Å². The Morgan fingerprint density at radius 3 is 2.48 bits per heavy atom. The van der Waals surface area contributed by atoms with Crippen molar-refractivity contribution in [1.29, 1.82) is 0 Å². The fourth-order valence-electron chi connectivity index (χ4n) is 2.18. The number of hydrogen-bond donors (Lipinski definition) is 2. The number of sulfonamides is 1. The molecule has 1 heterocycles. The van der Waals surface area contributed by atoms with E-state index in [9.17, 15) is 8.42 Å². The predicted octanol–water partition coefficient (Wildman–Crippen LogP) is 3.28. The van der Waals surface area contributed by atoms with E-state index in [1.165, 1.54) is 6.07 Å². The Labute approximate surface area is 132 Å². The second kappa shape index (κ2) is 5.82. The molecule has 1 unspecified atom stereocenters. The molecule has 0 radical (unpaired) electrons. The number of hydrogen-bond acceptors (Lipinski definition) is 4. The van der Waals surface area contributed by atoms with E-state index < -0.39 is 16.1 Å². The van der Waals surface area contributed by atoms with E-state index in [4.69, 9.17) is 10.2 Å². The zero-order chi connectivity index (χ0) is 15.8. The van der Waals surface area contributed by atoms with Crippen LogP contribution in [0.4, 0.5) is 5.69 Å². The molecule has 5 nitrogen and oxygen atoms in total. The van der Waals surface area contributed by atoms with Gasteiger partial charge in [-0.15, -0.1) is 0 Å². The molecule has 2 rings (SSSR count). The molecular formula is C14H17BrN2O3S. The molecule has 1 aromatic carbocycles. The highest BCUT2D eigenvalue weighted by Crippen LogP contribution is 2.27. The molecule has 0 amide bonds. The van der Waals surface area contributed by atoms with Crippen LogP contribution in [0.1, 0.15) is 30.0 Å². The third-order valence-corrected chi connectivity index (χ3v) is 5.64. The summed E-state index contributed by atoms with van der Waals surface area (Å²) in [4.78, 5) is 0.154. The summed E-state index contributed by atoms with van der Waals surface area (Å²) in [5, 5.41) is 0. The molecule has 1 atom stereocenters. The average Bonchev–Trinajstić information content (AvgIpc) is 2.67. The third kappa shape index (κ3) is 3.48. The molecule has 0 bridgehead atoms. The lowest BCUT2D eigenvalue weighted by atomic mass is 10.1. The average molecular weight is 373 g/mol. The van der Waals surface area contributed by atoms with Crippen LogP contribution in [0.25, 0.3) is 0 Å². The number of nitrogen functional groups attached to an aromatic ring is 1. The Kier molecular flexibility index (Phi) is 4.46. The summed E-state index contributed by atoms with van der Waals surface area (Å²) in [5.74, 6) is 1.46. The molecule has 114 valence electrons. The minimum atomic E-state index is -3.66. The zero-order valence-corrected chi connectivity index (χ0v) is 14.4. The molecule has 2 aromatic rings. The van der Waals surface area contributed by atoms with Gasteiger partial charge in [-0.3, -0.25) is 0 Å². The maximum Gasteiger partial charge on any atom is 0.242 e. The molecule has 0 fully saturated rings.